The highest BCUT2D eigenvalue weighted by atomic mass is 79.9. The molecular formula is C14H25BrN2O3. The van der Waals surface area contributed by atoms with Crippen molar-refractivity contribution in [2.24, 2.45) is 0 Å². The molecule has 1 rings (SSSR count). The van der Waals surface area contributed by atoms with Gasteiger partial charge in [-0.05, 0) is 35.7 Å². The lowest BCUT2D eigenvalue weighted by Gasteiger charge is -2.12. The quantitative estimate of drug-likeness (QED) is 0.658. The van der Waals surface area contributed by atoms with Crippen molar-refractivity contribution in [3.63, 3.8) is 0 Å². The van der Waals surface area contributed by atoms with Gasteiger partial charge in [0.1, 0.15) is 0 Å². The van der Waals surface area contributed by atoms with E-state index in [1.54, 1.807) is 7.11 Å². The van der Waals surface area contributed by atoms with Crippen molar-refractivity contribution >= 4 is 15.9 Å². The number of hydrogen-bond acceptors (Lipinski definition) is 4. The van der Waals surface area contributed by atoms with Crippen LogP contribution in [0.2, 0.25) is 0 Å². The number of aromatic nitrogens is 2. The highest BCUT2D eigenvalue weighted by Crippen LogP contribution is 2.24. The molecule has 1 atom stereocenters. The van der Waals surface area contributed by atoms with Crippen molar-refractivity contribution in [3.8, 4) is 0 Å². The number of hydrogen-bond donors (Lipinski definition) is 1. The van der Waals surface area contributed by atoms with Crippen molar-refractivity contribution in [2.45, 2.75) is 45.8 Å². The summed E-state index contributed by atoms with van der Waals surface area (Å²) in [7, 11) is 1.65. The van der Waals surface area contributed by atoms with Gasteiger partial charge in [-0.2, -0.15) is 5.10 Å². The smallest absolute Gasteiger partial charge is 0.0766 e. The van der Waals surface area contributed by atoms with E-state index in [0.29, 0.717) is 32.7 Å². The molecule has 1 heterocycles. The average molecular weight is 349 g/mol. The van der Waals surface area contributed by atoms with Gasteiger partial charge in [-0.3, -0.25) is 4.68 Å². The number of aryl methyl sites for hydroxylation is 2. The van der Waals surface area contributed by atoms with Crippen LogP contribution in [0.25, 0.3) is 0 Å². The number of aliphatic hydroxyl groups excluding tert-OH is 1. The fourth-order valence-electron chi connectivity index (χ4n) is 2.00. The summed E-state index contributed by atoms with van der Waals surface area (Å²) in [5, 5.41) is 14.6. The van der Waals surface area contributed by atoms with Gasteiger partial charge in [-0.15, -0.1) is 0 Å². The van der Waals surface area contributed by atoms with Gasteiger partial charge < -0.3 is 14.6 Å². The predicted octanol–water partition coefficient (Wildman–Crippen LogP) is 2.18. The van der Waals surface area contributed by atoms with Crippen molar-refractivity contribution in [1.29, 1.82) is 0 Å². The third-order valence-electron chi connectivity index (χ3n) is 3.15. The maximum Gasteiger partial charge on any atom is 0.0766 e. The minimum absolute atomic E-state index is 0.416. The molecule has 1 unspecified atom stereocenters. The zero-order valence-electron chi connectivity index (χ0n) is 12.6. The van der Waals surface area contributed by atoms with Gasteiger partial charge in [0, 0.05) is 26.7 Å². The molecule has 0 aliphatic carbocycles. The first-order valence-corrected chi connectivity index (χ1v) is 7.92. The topological polar surface area (TPSA) is 56.5 Å². The molecule has 0 spiro atoms. The standard InChI is InChI=1S/C14H25BrN2O3/c1-4-12-14(15)13(17(5-2)16-12)10-11(18)6-7-20-9-8-19-3/h11,18H,4-10H2,1-3H3. The van der Waals surface area contributed by atoms with Gasteiger partial charge in [-0.25, -0.2) is 0 Å². The zero-order valence-corrected chi connectivity index (χ0v) is 14.1. The predicted molar refractivity (Wildman–Crippen MR) is 82.0 cm³/mol. The summed E-state index contributed by atoms with van der Waals surface area (Å²) in [6.45, 7) is 6.65. The summed E-state index contributed by atoms with van der Waals surface area (Å²) in [4.78, 5) is 0. The number of nitrogens with zero attached hydrogens (tertiary/aromatic N) is 2. The number of methoxy groups -OCH3 is 1. The molecule has 0 saturated heterocycles. The Morgan fingerprint density at radius 1 is 1.30 bits per heavy atom. The highest BCUT2D eigenvalue weighted by Gasteiger charge is 2.17. The third-order valence-corrected chi connectivity index (χ3v) is 4.07. The lowest BCUT2D eigenvalue weighted by atomic mass is 10.1. The molecular weight excluding hydrogens is 324 g/mol. The van der Waals surface area contributed by atoms with Crippen LogP contribution in [-0.4, -0.2) is 47.9 Å². The van der Waals surface area contributed by atoms with Crippen LogP contribution in [-0.2, 0) is 28.9 Å². The number of aliphatic hydroxyl groups is 1. The maximum atomic E-state index is 10.1. The molecule has 0 aliphatic rings. The SMILES string of the molecule is CCc1nn(CC)c(CC(O)CCOCCOC)c1Br. The van der Waals surface area contributed by atoms with Crippen LogP contribution in [0, 0.1) is 0 Å². The van der Waals surface area contributed by atoms with E-state index in [2.05, 4.69) is 34.9 Å². The lowest BCUT2D eigenvalue weighted by molar-refractivity contribution is 0.0475. The Hall–Kier alpha value is -0.430. The van der Waals surface area contributed by atoms with Gasteiger partial charge >= 0.3 is 0 Å². The molecule has 0 radical (unpaired) electrons. The number of halogens is 1. The van der Waals surface area contributed by atoms with Crippen molar-refractivity contribution in [1.82, 2.24) is 9.78 Å². The van der Waals surface area contributed by atoms with E-state index < -0.39 is 6.10 Å². The summed E-state index contributed by atoms with van der Waals surface area (Å²) in [6, 6.07) is 0. The van der Waals surface area contributed by atoms with E-state index in [4.69, 9.17) is 9.47 Å². The third kappa shape index (κ3) is 5.16. The van der Waals surface area contributed by atoms with E-state index in [-0.39, 0.29) is 0 Å². The summed E-state index contributed by atoms with van der Waals surface area (Å²) < 4.78 is 13.3. The number of ether oxygens (including phenoxy) is 2. The Balaban J connectivity index is 2.48. The molecule has 5 nitrogen and oxygen atoms in total. The maximum absolute atomic E-state index is 10.1. The summed E-state index contributed by atoms with van der Waals surface area (Å²) in [5.74, 6) is 0. The monoisotopic (exact) mass is 348 g/mol. The molecule has 20 heavy (non-hydrogen) atoms. The second kappa shape index (κ2) is 9.50. The van der Waals surface area contributed by atoms with Crippen LogP contribution < -0.4 is 0 Å². The summed E-state index contributed by atoms with van der Waals surface area (Å²) >= 11 is 3.59. The zero-order chi connectivity index (χ0) is 15.0. The van der Waals surface area contributed by atoms with Crippen LogP contribution in [0.5, 0.6) is 0 Å². The molecule has 0 fully saturated rings. The van der Waals surface area contributed by atoms with Gasteiger partial charge in [0.05, 0.1) is 35.2 Å². The van der Waals surface area contributed by atoms with E-state index in [1.807, 2.05) is 4.68 Å². The molecule has 0 bridgehead atoms. The Labute approximate surface area is 129 Å². The first-order chi connectivity index (χ1) is 9.63. The molecule has 1 N–H and O–H groups in total. The van der Waals surface area contributed by atoms with E-state index >= 15 is 0 Å². The van der Waals surface area contributed by atoms with E-state index in [9.17, 15) is 5.11 Å². The Morgan fingerprint density at radius 2 is 2.05 bits per heavy atom. The first-order valence-electron chi connectivity index (χ1n) is 7.12. The molecule has 116 valence electrons. The fraction of sp³-hybridized carbons (Fsp3) is 0.786. The Bertz CT molecular complexity index is 396. The second-order valence-electron chi connectivity index (χ2n) is 4.63. The summed E-state index contributed by atoms with van der Waals surface area (Å²) in [5.41, 5.74) is 2.11. The van der Waals surface area contributed by atoms with Crippen LogP contribution in [0.3, 0.4) is 0 Å². The van der Waals surface area contributed by atoms with Gasteiger partial charge in [0.2, 0.25) is 0 Å². The van der Waals surface area contributed by atoms with Crippen LogP contribution in [0.1, 0.15) is 31.7 Å². The Kier molecular flexibility index (Phi) is 8.37. The van der Waals surface area contributed by atoms with Crippen LogP contribution in [0.15, 0.2) is 4.47 Å². The normalized spacial score (nSPS) is 12.8. The second-order valence-corrected chi connectivity index (χ2v) is 5.42. The molecule has 0 aromatic carbocycles. The van der Waals surface area contributed by atoms with Gasteiger partial charge in [0.15, 0.2) is 0 Å². The highest BCUT2D eigenvalue weighted by molar-refractivity contribution is 9.10. The van der Waals surface area contributed by atoms with Gasteiger partial charge in [0.25, 0.3) is 0 Å². The van der Waals surface area contributed by atoms with Crippen molar-refractivity contribution in [3.05, 3.63) is 15.9 Å². The van der Waals surface area contributed by atoms with Gasteiger partial charge in [-0.1, -0.05) is 6.92 Å². The first kappa shape index (κ1) is 17.6. The molecule has 1 aromatic rings. The minimum atomic E-state index is -0.416. The largest absolute Gasteiger partial charge is 0.393 e. The lowest BCUT2D eigenvalue weighted by Crippen LogP contribution is -2.17. The molecule has 0 aliphatic heterocycles. The van der Waals surface area contributed by atoms with E-state index in [1.165, 1.54) is 0 Å². The van der Waals surface area contributed by atoms with Crippen molar-refractivity contribution < 1.29 is 14.6 Å². The summed E-state index contributed by atoms with van der Waals surface area (Å²) in [6.07, 6.45) is 1.68. The van der Waals surface area contributed by atoms with E-state index in [0.717, 1.165) is 28.8 Å². The number of rotatable bonds is 10. The van der Waals surface area contributed by atoms with Crippen LogP contribution >= 0.6 is 15.9 Å². The molecule has 0 amide bonds. The molecule has 1 aromatic heterocycles. The molecule has 0 saturated carbocycles. The fourth-order valence-corrected chi connectivity index (χ4v) is 2.73. The average Bonchev–Trinajstić information content (AvgIpc) is 2.75. The van der Waals surface area contributed by atoms with Crippen LogP contribution in [0.4, 0.5) is 0 Å². The Morgan fingerprint density at radius 3 is 2.65 bits per heavy atom. The minimum Gasteiger partial charge on any atom is -0.393 e. The van der Waals surface area contributed by atoms with Crippen molar-refractivity contribution in [2.75, 3.05) is 26.9 Å². The molecule has 6 heteroatoms.